The van der Waals surface area contributed by atoms with Crippen LogP contribution in [0, 0.1) is 5.92 Å². The van der Waals surface area contributed by atoms with Crippen LogP contribution >= 0.6 is 24.0 Å². The van der Waals surface area contributed by atoms with Gasteiger partial charge < -0.3 is 15.4 Å². The highest BCUT2D eigenvalue weighted by atomic mass is 127. The highest BCUT2D eigenvalue weighted by Crippen LogP contribution is 2.39. The molecule has 2 heterocycles. The summed E-state index contributed by atoms with van der Waals surface area (Å²) < 4.78 is 29.4. The second-order valence-corrected chi connectivity index (χ2v) is 10.6. The van der Waals surface area contributed by atoms with Crippen LogP contribution < -0.4 is 10.6 Å². The first kappa shape index (κ1) is 22.9. The number of guanidine groups is 1. The first-order valence-corrected chi connectivity index (χ1v) is 11.7. The van der Waals surface area contributed by atoms with E-state index >= 15 is 0 Å². The highest BCUT2D eigenvalue weighted by Gasteiger charge is 2.40. The molecule has 3 aliphatic rings. The Balaban J connectivity index is 0.00000261. The van der Waals surface area contributed by atoms with Crippen LogP contribution in [0.5, 0.6) is 0 Å². The van der Waals surface area contributed by atoms with Crippen molar-refractivity contribution in [2.24, 2.45) is 10.9 Å². The van der Waals surface area contributed by atoms with Crippen molar-refractivity contribution in [3.05, 3.63) is 12.2 Å². The molecule has 2 atom stereocenters. The Labute approximate surface area is 180 Å². The van der Waals surface area contributed by atoms with E-state index in [-0.39, 0.29) is 41.2 Å². The summed E-state index contributed by atoms with van der Waals surface area (Å²) in [6, 6.07) is 0.352. The van der Waals surface area contributed by atoms with Gasteiger partial charge in [-0.15, -0.1) is 24.0 Å². The second-order valence-electron chi connectivity index (χ2n) is 8.34. The molecule has 156 valence electrons. The molecule has 2 saturated heterocycles. The minimum atomic E-state index is -2.84. The minimum Gasteiger partial charge on any atom is -0.375 e. The van der Waals surface area contributed by atoms with E-state index in [9.17, 15) is 8.42 Å². The molecule has 0 bridgehead atoms. The summed E-state index contributed by atoms with van der Waals surface area (Å²) in [4.78, 5) is 4.63. The van der Waals surface area contributed by atoms with Gasteiger partial charge in [0, 0.05) is 19.2 Å². The first-order chi connectivity index (χ1) is 12.4. The third-order valence-corrected chi connectivity index (χ3v) is 7.58. The number of hydrogen-bond acceptors (Lipinski definition) is 4. The smallest absolute Gasteiger partial charge is 0.191 e. The number of nitrogens with one attached hydrogen (secondary N) is 2. The third kappa shape index (κ3) is 6.88. The number of rotatable bonds is 5. The molecule has 0 aromatic carbocycles. The lowest BCUT2D eigenvalue weighted by Crippen LogP contribution is -2.51. The van der Waals surface area contributed by atoms with E-state index in [2.05, 4.69) is 22.2 Å². The average Bonchev–Trinajstić information content (AvgIpc) is 3.16. The third-order valence-electron chi connectivity index (χ3n) is 5.74. The van der Waals surface area contributed by atoms with Gasteiger partial charge in [-0.3, -0.25) is 0 Å². The second kappa shape index (κ2) is 9.91. The lowest BCUT2D eigenvalue weighted by Gasteiger charge is -2.39. The van der Waals surface area contributed by atoms with Crippen LogP contribution in [0.15, 0.2) is 17.1 Å². The zero-order valence-electron chi connectivity index (χ0n) is 16.3. The Morgan fingerprint density at radius 2 is 2.04 bits per heavy atom. The number of hydrogen-bond donors (Lipinski definition) is 2. The molecule has 0 aromatic rings. The fraction of sp³-hybridized carbons (Fsp3) is 0.842. The van der Waals surface area contributed by atoms with Crippen molar-refractivity contribution >= 4 is 39.8 Å². The number of halogens is 1. The fourth-order valence-corrected chi connectivity index (χ4v) is 6.21. The van der Waals surface area contributed by atoms with Gasteiger partial charge >= 0.3 is 0 Å². The summed E-state index contributed by atoms with van der Waals surface area (Å²) in [5.74, 6) is 1.55. The fourth-order valence-electron chi connectivity index (χ4n) is 4.35. The average molecular weight is 511 g/mol. The molecular formula is C19H34IN3O3S. The van der Waals surface area contributed by atoms with Crippen molar-refractivity contribution in [2.45, 2.75) is 63.5 Å². The molecule has 3 rings (SSSR count). The standard InChI is InChI=1S/C19H33N3O3S.HI/c1-15(2)12-20-18(21-13-16-6-10-26(23,24)14-16)22-17-5-9-25-19(11-17)7-3-4-8-19;/h16-17H,1,3-14H2,2H3,(H2,20,21,22);1H. The van der Waals surface area contributed by atoms with Crippen molar-refractivity contribution in [2.75, 3.05) is 31.2 Å². The lowest BCUT2D eigenvalue weighted by atomic mass is 9.89. The van der Waals surface area contributed by atoms with Crippen LogP contribution in [0.25, 0.3) is 0 Å². The zero-order chi connectivity index (χ0) is 18.6. The van der Waals surface area contributed by atoms with Gasteiger partial charge in [-0.2, -0.15) is 0 Å². The van der Waals surface area contributed by atoms with Crippen molar-refractivity contribution in [1.29, 1.82) is 0 Å². The van der Waals surface area contributed by atoms with Gasteiger partial charge in [0.1, 0.15) is 0 Å². The molecule has 8 heteroatoms. The summed E-state index contributed by atoms with van der Waals surface area (Å²) in [5, 5.41) is 6.95. The van der Waals surface area contributed by atoms with Gasteiger partial charge in [0.2, 0.25) is 0 Å². The molecule has 0 amide bonds. The minimum absolute atomic E-state index is 0. The summed E-state index contributed by atoms with van der Waals surface area (Å²) in [5.41, 5.74) is 1.07. The Morgan fingerprint density at radius 3 is 2.67 bits per heavy atom. The molecule has 1 spiro atoms. The predicted molar refractivity (Wildman–Crippen MR) is 121 cm³/mol. The van der Waals surface area contributed by atoms with E-state index in [1.54, 1.807) is 0 Å². The number of nitrogens with zero attached hydrogens (tertiary/aromatic N) is 1. The van der Waals surface area contributed by atoms with Gasteiger partial charge in [-0.05, 0) is 44.9 Å². The van der Waals surface area contributed by atoms with Crippen LogP contribution in [0.4, 0.5) is 0 Å². The van der Waals surface area contributed by atoms with Crippen LogP contribution in [-0.2, 0) is 14.6 Å². The topological polar surface area (TPSA) is 79.8 Å². The lowest BCUT2D eigenvalue weighted by molar-refractivity contribution is -0.0815. The van der Waals surface area contributed by atoms with Gasteiger partial charge in [-0.1, -0.05) is 25.0 Å². The van der Waals surface area contributed by atoms with E-state index in [0.29, 0.717) is 24.9 Å². The largest absolute Gasteiger partial charge is 0.375 e. The maximum absolute atomic E-state index is 11.7. The Morgan fingerprint density at radius 1 is 1.30 bits per heavy atom. The number of sulfone groups is 1. The van der Waals surface area contributed by atoms with Crippen molar-refractivity contribution in [1.82, 2.24) is 10.6 Å². The molecular weight excluding hydrogens is 477 g/mol. The van der Waals surface area contributed by atoms with Crippen molar-refractivity contribution in [3.8, 4) is 0 Å². The summed E-state index contributed by atoms with van der Waals surface area (Å²) >= 11 is 0. The molecule has 27 heavy (non-hydrogen) atoms. The molecule has 1 aliphatic carbocycles. The molecule has 3 fully saturated rings. The van der Waals surface area contributed by atoms with Gasteiger partial charge in [0.25, 0.3) is 0 Å². The summed E-state index contributed by atoms with van der Waals surface area (Å²) in [7, 11) is -2.84. The molecule has 2 unspecified atom stereocenters. The van der Waals surface area contributed by atoms with Crippen molar-refractivity contribution in [3.63, 3.8) is 0 Å². The molecule has 2 aliphatic heterocycles. The predicted octanol–water partition coefficient (Wildman–Crippen LogP) is 2.64. The van der Waals surface area contributed by atoms with E-state index in [1.165, 1.54) is 12.8 Å². The van der Waals surface area contributed by atoms with Crippen LogP contribution in [0.3, 0.4) is 0 Å². The summed E-state index contributed by atoms with van der Waals surface area (Å²) in [6.45, 7) is 7.91. The Hall–Kier alpha value is -0.350. The Kier molecular flexibility index (Phi) is 8.42. The molecule has 6 nitrogen and oxygen atoms in total. The number of aliphatic imine (C=N–C) groups is 1. The SMILES string of the molecule is C=C(C)CN=C(NCC1CCS(=O)(=O)C1)NC1CCOC2(CCCC2)C1.I. The van der Waals surface area contributed by atoms with Crippen LogP contribution in [0.2, 0.25) is 0 Å². The normalized spacial score (nSPS) is 29.3. The monoisotopic (exact) mass is 511 g/mol. The maximum Gasteiger partial charge on any atom is 0.191 e. The molecule has 1 saturated carbocycles. The zero-order valence-corrected chi connectivity index (χ0v) is 19.5. The molecule has 0 aromatic heterocycles. The maximum atomic E-state index is 11.7. The van der Waals surface area contributed by atoms with Gasteiger partial charge in [0.15, 0.2) is 15.8 Å². The molecule has 0 radical (unpaired) electrons. The highest BCUT2D eigenvalue weighted by molar-refractivity contribution is 14.0. The van der Waals surface area contributed by atoms with E-state index in [1.807, 2.05) is 6.92 Å². The van der Waals surface area contributed by atoms with E-state index in [0.717, 1.165) is 50.2 Å². The van der Waals surface area contributed by atoms with E-state index < -0.39 is 9.84 Å². The quantitative estimate of drug-likeness (QED) is 0.257. The van der Waals surface area contributed by atoms with Crippen LogP contribution in [0.1, 0.15) is 51.9 Å². The molecule has 2 N–H and O–H groups in total. The van der Waals surface area contributed by atoms with Crippen molar-refractivity contribution < 1.29 is 13.2 Å². The first-order valence-electron chi connectivity index (χ1n) is 9.89. The summed E-state index contributed by atoms with van der Waals surface area (Å²) in [6.07, 6.45) is 7.60. The van der Waals surface area contributed by atoms with E-state index in [4.69, 9.17) is 4.74 Å². The Bertz CT molecular complexity index is 645. The van der Waals surface area contributed by atoms with Gasteiger partial charge in [0.05, 0.1) is 23.7 Å². The van der Waals surface area contributed by atoms with Gasteiger partial charge in [-0.25, -0.2) is 13.4 Å². The number of ether oxygens (including phenoxy) is 1. The van der Waals surface area contributed by atoms with Crippen LogP contribution in [-0.4, -0.2) is 57.2 Å².